The van der Waals surface area contributed by atoms with Crippen molar-refractivity contribution in [3.05, 3.63) is 66.1 Å². The second-order valence-electron chi connectivity index (χ2n) is 5.27. The maximum Gasteiger partial charge on any atom is 0.262 e. The summed E-state index contributed by atoms with van der Waals surface area (Å²) < 4.78 is 42.4. The number of imidazole rings is 1. The van der Waals surface area contributed by atoms with Gasteiger partial charge in [0.15, 0.2) is 0 Å². The topological polar surface area (TPSA) is 76.9 Å². The first-order chi connectivity index (χ1) is 11.4. The molecule has 0 radical (unpaired) electrons. The van der Waals surface area contributed by atoms with Crippen LogP contribution in [0.25, 0.3) is 5.82 Å². The lowest BCUT2D eigenvalue weighted by molar-refractivity contribution is 0.593. The van der Waals surface area contributed by atoms with Gasteiger partial charge in [-0.25, -0.2) is 22.8 Å². The van der Waals surface area contributed by atoms with E-state index in [0.29, 0.717) is 11.4 Å². The lowest BCUT2D eigenvalue weighted by atomic mass is 10.2. The Kier molecular flexibility index (Phi) is 4.06. The molecular weight excluding hydrogens is 331 g/mol. The summed E-state index contributed by atoms with van der Waals surface area (Å²) in [5, 5.41) is 0. The van der Waals surface area contributed by atoms with Crippen LogP contribution in [0.5, 0.6) is 0 Å². The zero-order valence-corrected chi connectivity index (χ0v) is 13.9. The highest BCUT2D eigenvalue weighted by molar-refractivity contribution is 7.92. The van der Waals surface area contributed by atoms with E-state index in [1.54, 1.807) is 36.0 Å². The molecule has 0 atom stereocenters. The Morgan fingerprint density at radius 2 is 1.92 bits per heavy atom. The second kappa shape index (κ2) is 6.04. The Bertz CT molecular complexity index is 982. The summed E-state index contributed by atoms with van der Waals surface area (Å²) in [5.74, 6) is 0.822. The fourth-order valence-corrected chi connectivity index (χ4v) is 3.22. The van der Waals surface area contributed by atoms with Crippen molar-refractivity contribution in [2.24, 2.45) is 0 Å². The molecule has 0 fully saturated rings. The number of aryl methyl sites for hydroxylation is 2. The molecule has 8 heteroatoms. The van der Waals surface area contributed by atoms with Gasteiger partial charge in [-0.15, -0.1) is 0 Å². The van der Waals surface area contributed by atoms with Crippen molar-refractivity contribution in [3.63, 3.8) is 0 Å². The zero-order valence-electron chi connectivity index (χ0n) is 13.1. The molecule has 124 valence electrons. The Morgan fingerprint density at radius 3 is 2.50 bits per heavy atom. The van der Waals surface area contributed by atoms with Crippen LogP contribution in [-0.2, 0) is 10.0 Å². The molecule has 0 aliphatic heterocycles. The molecule has 0 saturated heterocycles. The standard InChI is InChI=1S/C16H15FN4O2S/c1-11-3-5-14(9-15(11)17)24(22,23)20-13-4-6-16(19-10-13)21-8-7-18-12(21)2/h3-10,20H,1-2H3. The van der Waals surface area contributed by atoms with Gasteiger partial charge in [-0.1, -0.05) is 6.07 Å². The van der Waals surface area contributed by atoms with Gasteiger partial charge in [-0.2, -0.15) is 0 Å². The van der Waals surface area contributed by atoms with Gasteiger partial charge in [0.2, 0.25) is 0 Å². The number of nitrogens with one attached hydrogen (secondary N) is 1. The van der Waals surface area contributed by atoms with Gasteiger partial charge in [0.1, 0.15) is 17.5 Å². The van der Waals surface area contributed by atoms with E-state index in [0.717, 1.165) is 11.9 Å². The van der Waals surface area contributed by atoms with Crippen LogP contribution >= 0.6 is 0 Å². The van der Waals surface area contributed by atoms with Gasteiger partial charge in [-0.05, 0) is 43.7 Å². The van der Waals surface area contributed by atoms with Crippen molar-refractivity contribution in [2.45, 2.75) is 18.7 Å². The van der Waals surface area contributed by atoms with E-state index < -0.39 is 15.8 Å². The maximum atomic E-state index is 13.6. The number of aromatic nitrogens is 3. The summed E-state index contributed by atoms with van der Waals surface area (Å²) in [5.41, 5.74) is 0.674. The third-order valence-electron chi connectivity index (χ3n) is 3.53. The number of anilines is 1. The largest absolute Gasteiger partial charge is 0.288 e. The molecule has 0 aliphatic carbocycles. The quantitative estimate of drug-likeness (QED) is 0.788. The first-order valence-corrected chi connectivity index (χ1v) is 8.60. The normalized spacial score (nSPS) is 11.5. The van der Waals surface area contributed by atoms with Crippen LogP contribution < -0.4 is 4.72 Å². The number of benzene rings is 1. The number of sulfonamides is 1. The minimum atomic E-state index is -3.88. The molecule has 2 heterocycles. The number of rotatable bonds is 4. The Balaban J connectivity index is 1.85. The van der Waals surface area contributed by atoms with E-state index in [4.69, 9.17) is 0 Å². The molecular formula is C16H15FN4O2S. The van der Waals surface area contributed by atoms with E-state index in [9.17, 15) is 12.8 Å². The molecule has 0 unspecified atom stereocenters. The van der Waals surface area contributed by atoms with Crippen molar-refractivity contribution in [1.29, 1.82) is 0 Å². The first-order valence-electron chi connectivity index (χ1n) is 7.12. The number of hydrogen-bond donors (Lipinski definition) is 1. The predicted molar refractivity (Wildman–Crippen MR) is 88.0 cm³/mol. The van der Waals surface area contributed by atoms with Crippen molar-refractivity contribution < 1.29 is 12.8 Å². The highest BCUT2D eigenvalue weighted by Crippen LogP contribution is 2.19. The van der Waals surface area contributed by atoms with Crippen molar-refractivity contribution >= 4 is 15.7 Å². The van der Waals surface area contributed by atoms with E-state index in [1.165, 1.54) is 18.3 Å². The number of pyridine rings is 1. The molecule has 1 N–H and O–H groups in total. The van der Waals surface area contributed by atoms with E-state index in [-0.39, 0.29) is 10.6 Å². The Hall–Kier alpha value is -2.74. The van der Waals surface area contributed by atoms with Gasteiger partial charge in [0.05, 0.1) is 16.8 Å². The van der Waals surface area contributed by atoms with E-state index in [1.807, 2.05) is 6.92 Å². The van der Waals surface area contributed by atoms with Crippen molar-refractivity contribution in [2.75, 3.05) is 4.72 Å². The molecule has 0 amide bonds. The molecule has 24 heavy (non-hydrogen) atoms. The number of halogens is 1. The van der Waals surface area contributed by atoms with Crippen LogP contribution in [0.3, 0.4) is 0 Å². The predicted octanol–water partition coefficient (Wildman–Crippen LogP) is 2.82. The molecule has 0 spiro atoms. The summed E-state index contributed by atoms with van der Waals surface area (Å²) in [6.07, 6.45) is 4.81. The van der Waals surface area contributed by atoms with Gasteiger partial charge >= 0.3 is 0 Å². The van der Waals surface area contributed by atoms with Gasteiger partial charge in [0.25, 0.3) is 10.0 Å². The van der Waals surface area contributed by atoms with Crippen LogP contribution in [0.1, 0.15) is 11.4 Å². The second-order valence-corrected chi connectivity index (χ2v) is 6.95. The van der Waals surface area contributed by atoms with Crippen molar-refractivity contribution in [1.82, 2.24) is 14.5 Å². The molecule has 0 bridgehead atoms. The van der Waals surface area contributed by atoms with Crippen molar-refractivity contribution in [3.8, 4) is 5.82 Å². The Labute approximate surface area is 139 Å². The summed E-state index contributed by atoms with van der Waals surface area (Å²) in [4.78, 5) is 8.18. The molecule has 0 saturated carbocycles. The van der Waals surface area contributed by atoms with Crippen LogP contribution in [-0.4, -0.2) is 23.0 Å². The number of hydrogen-bond acceptors (Lipinski definition) is 4. The molecule has 0 aliphatic rings. The lowest BCUT2D eigenvalue weighted by Gasteiger charge is -2.10. The van der Waals surface area contributed by atoms with Crippen LogP contribution in [0.15, 0.2) is 53.8 Å². The smallest absolute Gasteiger partial charge is 0.262 e. The average Bonchev–Trinajstić information content (AvgIpc) is 2.96. The van der Waals surface area contributed by atoms with Crippen LogP contribution in [0.2, 0.25) is 0 Å². The fourth-order valence-electron chi connectivity index (χ4n) is 2.16. The summed E-state index contributed by atoms with van der Waals surface area (Å²) in [6, 6.07) is 7.03. The molecule has 3 aromatic rings. The maximum absolute atomic E-state index is 13.6. The number of nitrogens with zero attached hydrogens (tertiary/aromatic N) is 3. The van der Waals surface area contributed by atoms with E-state index >= 15 is 0 Å². The van der Waals surface area contributed by atoms with E-state index in [2.05, 4.69) is 14.7 Å². The molecule has 3 rings (SSSR count). The monoisotopic (exact) mass is 346 g/mol. The van der Waals surface area contributed by atoms with Gasteiger partial charge < -0.3 is 0 Å². The first kappa shape index (κ1) is 16.1. The highest BCUT2D eigenvalue weighted by atomic mass is 32.2. The third-order valence-corrected chi connectivity index (χ3v) is 4.91. The Morgan fingerprint density at radius 1 is 1.12 bits per heavy atom. The lowest BCUT2D eigenvalue weighted by Crippen LogP contribution is -2.13. The molecule has 1 aromatic carbocycles. The molecule has 2 aromatic heterocycles. The summed E-state index contributed by atoms with van der Waals surface area (Å²) in [6.45, 7) is 3.41. The average molecular weight is 346 g/mol. The van der Waals surface area contributed by atoms with Crippen LogP contribution in [0.4, 0.5) is 10.1 Å². The summed E-state index contributed by atoms with van der Waals surface area (Å²) >= 11 is 0. The van der Waals surface area contributed by atoms with Gasteiger partial charge in [0, 0.05) is 12.4 Å². The molecule has 6 nitrogen and oxygen atoms in total. The van der Waals surface area contributed by atoms with Crippen LogP contribution in [0, 0.1) is 19.7 Å². The van der Waals surface area contributed by atoms with Gasteiger partial charge in [-0.3, -0.25) is 9.29 Å². The fraction of sp³-hybridized carbons (Fsp3) is 0.125. The minimum absolute atomic E-state index is 0.139. The SMILES string of the molecule is Cc1ccc(S(=O)(=O)Nc2ccc(-n3ccnc3C)nc2)cc1F. The minimum Gasteiger partial charge on any atom is -0.288 e. The highest BCUT2D eigenvalue weighted by Gasteiger charge is 2.16. The third kappa shape index (κ3) is 3.13. The zero-order chi connectivity index (χ0) is 17.3. The summed E-state index contributed by atoms with van der Waals surface area (Å²) in [7, 11) is -3.88.